The Morgan fingerprint density at radius 3 is 2.54 bits per heavy atom. The average molecular weight is 375 g/mol. The highest BCUT2D eigenvalue weighted by atomic mass is 16.2. The summed E-state index contributed by atoms with van der Waals surface area (Å²) in [7, 11) is 0. The zero-order chi connectivity index (χ0) is 19.8. The van der Waals surface area contributed by atoms with Crippen LogP contribution < -0.4 is 10.2 Å². The first-order valence-corrected chi connectivity index (χ1v) is 9.23. The van der Waals surface area contributed by atoms with Crippen molar-refractivity contribution in [2.75, 3.05) is 11.4 Å². The zero-order valence-electron chi connectivity index (χ0n) is 15.8. The van der Waals surface area contributed by atoms with Gasteiger partial charge in [-0.05, 0) is 32.0 Å². The Balaban J connectivity index is 1.49. The van der Waals surface area contributed by atoms with Crippen LogP contribution in [0.2, 0.25) is 0 Å². The van der Waals surface area contributed by atoms with Crippen LogP contribution in [0.3, 0.4) is 0 Å². The van der Waals surface area contributed by atoms with Crippen molar-refractivity contribution in [1.82, 2.24) is 10.3 Å². The maximum atomic E-state index is 12.8. The molecule has 1 saturated heterocycles. The lowest BCUT2D eigenvalue weighted by atomic mass is 10.1. The average Bonchev–Trinajstić information content (AvgIpc) is 3.20. The number of benzene rings is 2. The summed E-state index contributed by atoms with van der Waals surface area (Å²) in [6.45, 7) is 4.11. The highest BCUT2D eigenvalue weighted by Crippen LogP contribution is 2.24. The molecule has 2 heterocycles. The van der Waals surface area contributed by atoms with Crippen molar-refractivity contribution in [3.63, 3.8) is 0 Å². The van der Waals surface area contributed by atoms with E-state index < -0.39 is 17.7 Å². The van der Waals surface area contributed by atoms with Crippen LogP contribution in [0.5, 0.6) is 0 Å². The predicted octanol–water partition coefficient (Wildman–Crippen LogP) is 2.89. The van der Waals surface area contributed by atoms with Gasteiger partial charge in [0.15, 0.2) is 0 Å². The molecule has 1 unspecified atom stereocenters. The molecule has 6 nitrogen and oxygen atoms in total. The van der Waals surface area contributed by atoms with Gasteiger partial charge in [0.1, 0.15) is 0 Å². The summed E-state index contributed by atoms with van der Waals surface area (Å²) in [6.07, 6.45) is 0.180. The Kier molecular flexibility index (Phi) is 4.47. The van der Waals surface area contributed by atoms with E-state index in [1.54, 1.807) is 11.8 Å². The minimum atomic E-state index is -0.684. The quantitative estimate of drug-likeness (QED) is 0.543. The first kappa shape index (κ1) is 18.0. The molecular formula is C22H21N3O3. The lowest BCUT2D eigenvalue weighted by molar-refractivity contribution is -0.118. The third kappa shape index (κ3) is 3.17. The van der Waals surface area contributed by atoms with E-state index in [1.165, 1.54) is 0 Å². The van der Waals surface area contributed by atoms with Gasteiger partial charge in [-0.3, -0.25) is 14.4 Å². The number of anilines is 1. The molecule has 3 aromatic rings. The standard InChI is InChI=1S/C22H21N3O3/c1-13-7-9-16(10-8-13)25-12-15(11-19(25)26)24-22(28)21(27)20-14(2)23-18-6-4-3-5-17(18)20/h3-10,15,23H,11-12H2,1-2H3,(H,24,28). The van der Waals surface area contributed by atoms with E-state index in [0.29, 0.717) is 17.8 Å². The third-order valence-corrected chi connectivity index (χ3v) is 5.13. The number of fused-ring (bicyclic) bond motifs is 1. The number of nitrogens with one attached hydrogen (secondary N) is 2. The lowest BCUT2D eigenvalue weighted by Gasteiger charge is -2.17. The molecule has 1 aromatic heterocycles. The Morgan fingerprint density at radius 1 is 1.07 bits per heavy atom. The maximum absolute atomic E-state index is 12.8. The van der Waals surface area contributed by atoms with Crippen molar-refractivity contribution in [2.45, 2.75) is 26.3 Å². The predicted molar refractivity (Wildman–Crippen MR) is 107 cm³/mol. The molecule has 0 saturated carbocycles. The number of aromatic nitrogens is 1. The van der Waals surface area contributed by atoms with Gasteiger partial charge in [-0.15, -0.1) is 0 Å². The van der Waals surface area contributed by atoms with Gasteiger partial charge in [-0.25, -0.2) is 0 Å². The number of carbonyl (C=O) groups excluding carboxylic acids is 3. The van der Waals surface area contributed by atoms with E-state index >= 15 is 0 Å². The molecule has 1 aliphatic heterocycles. The summed E-state index contributed by atoms with van der Waals surface area (Å²) in [5.74, 6) is -1.34. The van der Waals surface area contributed by atoms with Gasteiger partial charge in [0, 0.05) is 35.2 Å². The van der Waals surface area contributed by atoms with Crippen LogP contribution in [0.1, 0.15) is 28.0 Å². The Hall–Kier alpha value is -3.41. The number of hydrogen-bond acceptors (Lipinski definition) is 3. The smallest absolute Gasteiger partial charge is 0.292 e. The summed E-state index contributed by atoms with van der Waals surface area (Å²) in [5, 5.41) is 3.46. The molecule has 1 aliphatic rings. The Morgan fingerprint density at radius 2 is 1.79 bits per heavy atom. The van der Waals surface area contributed by atoms with Crippen molar-refractivity contribution in [3.8, 4) is 0 Å². The van der Waals surface area contributed by atoms with E-state index in [1.807, 2.05) is 55.5 Å². The number of nitrogens with zero attached hydrogens (tertiary/aromatic N) is 1. The van der Waals surface area contributed by atoms with Gasteiger partial charge in [-0.1, -0.05) is 35.9 Å². The summed E-state index contributed by atoms with van der Waals surface area (Å²) in [5.41, 5.74) is 3.77. The maximum Gasteiger partial charge on any atom is 0.292 e. The molecule has 28 heavy (non-hydrogen) atoms. The van der Waals surface area contributed by atoms with Gasteiger partial charge < -0.3 is 15.2 Å². The second-order valence-electron chi connectivity index (χ2n) is 7.21. The minimum absolute atomic E-state index is 0.0649. The number of rotatable bonds is 4. The van der Waals surface area contributed by atoms with E-state index in [2.05, 4.69) is 10.3 Å². The molecule has 1 fully saturated rings. The zero-order valence-corrected chi connectivity index (χ0v) is 15.8. The van der Waals surface area contributed by atoms with Gasteiger partial charge in [-0.2, -0.15) is 0 Å². The largest absolute Gasteiger partial charge is 0.358 e. The Bertz CT molecular complexity index is 1080. The van der Waals surface area contributed by atoms with E-state index in [-0.39, 0.29) is 12.3 Å². The molecular weight excluding hydrogens is 354 g/mol. The fourth-order valence-electron chi connectivity index (χ4n) is 3.71. The van der Waals surface area contributed by atoms with Crippen molar-refractivity contribution in [1.29, 1.82) is 0 Å². The first-order chi connectivity index (χ1) is 13.4. The molecule has 4 rings (SSSR count). The van der Waals surface area contributed by atoms with Crippen molar-refractivity contribution in [3.05, 3.63) is 65.4 Å². The fourth-order valence-corrected chi connectivity index (χ4v) is 3.71. The summed E-state index contributed by atoms with van der Waals surface area (Å²) in [4.78, 5) is 42.5. The van der Waals surface area contributed by atoms with E-state index in [9.17, 15) is 14.4 Å². The molecule has 0 spiro atoms. The molecule has 1 atom stereocenters. The first-order valence-electron chi connectivity index (χ1n) is 9.23. The highest BCUT2D eigenvalue weighted by Gasteiger charge is 2.33. The molecule has 0 radical (unpaired) electrons. The van der Waals surface area contributed by atoms with Crippen molar-refractivity contribution >= 4 is 34.2 Å². The number of para-hydroxylation sites is 1. The molecule has 2 amide bonds. The normalized spacial score (nSPS) is 16.6. The van der Waals surface area contributed by atoms with E-state index in [0.717, 1.165) is 22.2 Å². The number of Topliss-reactive ketones (excluding diaryl/α,β-unsaturated/α-hetero) is 1. The molecule has 142 valence electrons. The van der Waals surface area contributed by atoms with Gasteiger partial charge >= 0.3 is 0 Å². The molecule has 0 bridgehead atoms. The highest BCUT2D eigenvalue weighted by molar-refractivity contribution is 6.45. The lowest BCUT2D eigenvalue weighted by Crippen LogP contribution is -2.41. The van der Waals surface area contributed by atoms with Crippen molar-refractivity contribution < 1.29 is 14.4 Å². The SMILES string of the molecule is Cc1ccc(N2CC(NC(=O)C(=O)c3c(C)[nH]c4ccccc34)CC2=O)cc1. The molecule has 0 aliphatic carbocycles. The third-order valence-electron chi connectivity index (χ3n) is 5.13. The van der Waals surface area contributed by atoms with Gasteiger partial charge in [0.25, 0.3) is 11.7 Å². The van der Waals surface area contributed by atoms with Crippen LogP contribution in [0.15, 0.2) is 48.5 Å². The van der Waals surface area contributed by atoms with Crippen LogP contribution >= 0.6 is 0 Å². The van der Waals surface area contributed by atoms with Crippen molar-refractivity contribution in [2.24, 2.45) is 0 Å². The van der Waals surface area contributed by atoms with Gasteiger partial charge in [0.05, 0.1) is 11.6 Å². The summed E-state index contributed by atoms with van der Waals surface area (Å²) in [6, 6.07) is 14.7. The fraction of sp³-hybridized carbons (Fsp3) is 0.227. The number of carbonyl (C=O) groups is 3. The second kappa shape index (κ2) is 6.96. The topological polar surface area (TPSA) is 82.3 Å². The number of hydrogen-bond donors (Lipinski definition) is 2. The van der Waals surface area contributed by atoms with Crippen LogP contribution in [-0.2, 0) is 9.59 Å². The van der Waals surface area contributed by atoms with Gasteiger partial charge in [0.2, 0.25) is 5.91 Å². The summed E-state index contributed by atoms with van der Waals surface area (Å²) >= 11 is 0. The molecule has 2 N–H and O–H groups in total. The number of aromatic amines is 1. The second-order valence-corrected chi connectivity index (χ2v) is 7.21. The van der Waals surface area contributed by atoms with E-state index in [4.69, 9.17) is 0 Å². The number of ketones is 1. The van der Waals surface area contributed by atoms with Crippen LogP contribution in [0, 0.1) is 13.8 Å². The van der Waals surface area contributed by atoms with Crippen LogP contribution in [0.4, 0.5) is 5.69 Å². The molecule has 2 aromatic carbocycles. The van der Waals surface area contributed by atoms with Crippen LogP contribution in [0.25, 0.3) is 10.9 Å². The Labute approximate surface area is 162 Å². The molecule has 6 heteroatoms. The summed E-state index contributed by atoms with van der Waals surface area (Å²) < 4.78 is 0. The minimum Gasteiger partial charge on any atom is -0.358 e. The number of aryl methyl sites for hydroxylation is 2. The monoisotopic (exact) mass is 375 g/mol. The number of H-pyrrole nitrogens is 1. The van der Waals surface area contributed by atoms with Crippen LogP contribution in [-0.4, -0.2) is 35.2 Å². The number of amides is 2.